The van der Waals surface area contributed by atoms with Crippen molar-refractivity contribution >= 4 is 5.91 Å². The van der Waals surface area contributed by atoms with E-state index in [-0.39, 0.29) is 5.91 Å². The van der Waals surface area contributed by atoms with E-state index in [2.05, 4.69) is 24.5 Å². The van der Waals surface area contributed by atoms with E-state index in [4.69, 9.17) is 0 Å². The van der Waals surface area contributed by atoms with E-state index in [1.807, 2.05) is 20.8 Å². The predicted molar refractivity (Wildman–Crippen MR) is 57.8 cm³/mol. The summed E-state index contributed by atoms with van der Waals surface area (Å²) in [5.41, 5.74) is 0. The second-order valence-electron chi connectivity index (χ2n) is 2.81. The quantitative estimate of drug-likeness (QED) is 0.643. The van der Waals surface area contributed by atoms with Crippen LogP contribution in [0.5, 0.6) is 0 Å². The molecule has 0 aromatic rings. The van der Waals surface area contributed by atoms with E-state index in [1.54, 1.807) is 0 Å². The molecular formula is C10H24N2O. The molecule has 0 fully saturated rings. The van der Waals surface area contributed by atoms with Crippen molar-refractivity contribution in [1.29, 1.82) is 0 Å². The highest BCUT2D eigenvalue weighted by Crippen LogP contribution is 1.75. The van der Waals surface area contributed by atoms with Gasteiger partial charge in [0.15, 0.2) is 0 Å². The summed E-state index contributed by atoms with van der Waals surface area (Å²) in [6, 6.07) is 0.494. The van der Waals surface area contributed by atoms with Gasteiger partial charge in [0.05, 0.1) is 0 Å². The first-order valence-corrected chi connectivity index (χ1v) is 5.17. The molecule has 0 radical (unpaired) electrons. The van der Waals surface area contributed by atoms with Crippen LogP contribution in [0.3, 0.4) is 0 Å². The zero-order chi connectivity index (χ0) is 10.7. The molecule has 0 saturated carbocycles. The van der Waals surface area contributed by atoms with Crippen LogP contribution in [0, 0.1) is 0 Å². The van der Waals surface area contributed by atoms with Gasteiger partial charge in [0.1, 0.15) is 0 Å². The van der Waals surface area contributed by atoms with Crippen LogP contribution in [0.15, 0.2) is 0 Å². The van der Waals surface area contributed by atoms with Crippen LogP contribution >= 0.6 is 0 Å². The van der Waals surface area contributed by atoms with Crippen LogP contribution in [0.1, 0.15) is 41.0 Å². The summed E-state index contributed by atoms with van der Waals surface area (Å²) in [6.07, 6.45) is 0.571. The Labute approximate surface area is 82.3 Å². The summed E-state index contributed by atoms with van der Waals surface area (Å²) in [4.78, 5) is 10.7. The third-order valence-corrected chi connectivity index (χ3v) is 1.32. The topological polar surface area (TPSA) is 41.1 Å². The Kier molecular flexibility index (Phi) is 13.1. The molecule has 0 bridgehead atoms. The van der Waals surface area contributed by atoms with E-state index >= 15 is 0 Å². The monoisotopic (exact) mass is 188 g/mol. The minimum Gasteiger partial charge on any atom is -0.355 e. The van der Waals surface area contributed by atoms with E-state index < -0.39 is 0 Å². The third-order valence-electron chi connectivity index (χ3n) is 1.32. The van der Waals surface area contributed by atoms with Crippen molar-refractivity contribution < 1.29 is 4.79 Å². The van der Waals surface area contributed by atoms with E-state index in [0.717, 1.165) is 13.1 Å². The SMILES string of the molecule is CC.CCC(=O)NCCNC(C)C. The fourth-order valence-corrected chi connectivity index (χ4v) is 0.688. The summed E-state index contributed by atoms with van der Waals surface area (Å²) in [7, 11) is 0. The van der Waals surface area contributed by atoms with Gasteiger partial charge < -0.3 is 10.6 Å². The predicted octanol–water partition coefficient (Wildman–Crippen LogP) is 1.54. The average molecular weight is 188 g/mol. The molecule has 1 amide bonds. The summed E-state index contributed by atoms with van der Waals surface area (Å²) in [5.74, 6) is 0.121. The van der Waals surface area contributed by atoms with Gasteiger partial charge in [0, 0.05) is 25.6 Å². The number of nitrogens with one attached hydrogen (secondary N) is 2. The van der Waals surface area contributed by atoms with Gasteiger partial charge in [0.2, 0.25) is 5.91 Å². The lowest BCUT2D eigenvalue weighted by atomic mass is 10.4. The van der Waals surface area contributed by atoms with E-state index in [1.165, 1.54) is 0 Å². The Hall–Kier alpha value is -0.570. The molecule has 0 aromatic carbocycles. The van der Waals surface area contributed by atoms with Crippen molar-refractivity contribution in [1.82, 2.24) is 10.6 Å². The molecule has 0 unspecified atom stereocenters. The maximum atomic E-state index is 10.7. The highest BCUT2D eigenvalue weighted by molar-refractivity contribution is 5.75. The molecule has 0 aliphatic rings. The Morgan fingerprint density at radius 1 is 1.23 bits per heavy atom. The van der Waals surface area contributed by atoms with Gasteiger partial charge in [-0.15, -0.1) is 0 Å². The van der Waals surface area contributed by atoms with Crippen LogP contribution in [0.2, 0.25) is 0 Å². The van der Waals surface area contributed by atoms with Crippen molar-refractivity contribution in [2.75, 3.05) is 13.1 Å². The number of hydrogen-bond acceptors (Lipinski definition) is 2. The Morgan fingerprint density at radius 3 is 2.15 bits per heavy atom. The molecule has 0 aliphatic heterocycles. The first-order valence-electron chi connectivity index (χ1n) is 5.17. The molecule has 0 heterocycles. The smallest absolute Gasteiger partial charge is 0.219 e. The number of carbonyl (C=O) groups excluding carboxylic acids is 1. The minimum absolute atomic E-state index is 0.121. The van der Waals surface area contributed by atoms with Gasteiger partial charge >= 0.3 is 0 Å². The molecule has 0 rings (SSSR count). The summed E-state index contributed by atoms with van der Waals surface area (Å²) in [5, 5.41) is 6.00. The van der Waals surface area contributed by atoms with Gasteiger partial charge in [-0.3, -0.25) is 4.79 Å². The molecule has 3 heteroatoms. The molecule has 0 saturated heterocycles. The number of amides is 1. The minimum atomic E-state index is 0.121. The number of rotatable bonds is 5. The van der Waals surface area contributed by atoms with E-state index in [0.29, 0.717) is 12.5 Å². The molecule has 13 heavy (non-hydrogen) atoms. The second-order valence-corrected chi connectivity index (χ2v) is 2.81. The van der Waals surface area contributed by atoms with Crippen LogP contribution in [-0.4, -0.2) is 25.0 Å². The maximum absolute atomic E-state index is 10.7. The van der Waals surface area contributed by atoms with Gasteiger partial charge in [0.25, 0.3) is 0 Å². The maximum Gasteiger partial charge on any atom is 0.219 e. The first-order chi connectivity index (χ1) is 6.16. The van der Waals surface area contributed by atoms with E-state index in [9.17, 15) is 4.79 Å². The normalized spacial score (nSPS) is 9.08. The molecular weight excluding hydrogens is 164 g/mol. The highest BCUT2D eigenvalue weighted by Gasteiger charge is 1.95. The zero-order valence-corrected chi connectivity index (χ0v) is 9.61. The Morgan fingerprint density at radius 2 is 1.77 bits per heavy atom. The molecule has 0 aliphatic carbocycles. The van der Waals surface area contributed by atoms with Crippen LogP contribution in [-0.2, 0) is 4.79 Å². The molecule has 80 valence electrons. The zero-order valence-electron chi connectivity index (χ0n) is 9.61. The van der Waals surface area contributed by atoms with Gasteiger partial charge in [-0.1, -0.05) is 34.6 Å². The van der Waals surface area contributed by atoms with Crippen molar-refractivity contribution in [2.45, 2.75) is 47.1 Å². The first kappa shape index (κ1) is 14.9. The molecule has 2 N–H and O–H groups in total. The van der Waals surface area contributed by atoms with Crippen molar-refractivity contribution in [3.05, 3.63) is 0 Å². The molecule has 0 atom stereocenters. The van der Waals surface area contributed by atoms with Gasteiger partial charge in [-0.05, 0) is 0 Å². The van der Waals surface area contributed by atoms with Gasteiger partial charge in [-0.2, -0.15) is 0 Å². The Bertz CT molecular complexity index is 113. The third kappa shape index (κ3) is 14.3. The fraction of sp³-hybridized carbons (Fsp3) is 0.900. The molecule has 0 aromatic heterocycles. The van der Waals surface area contributed by atoms with Crippen LogP contribution in [0.4, 0.5) is 0 Å². The summed E-state index contributed by atoms with van der Waals surface area (Å²) >= 11 is 0. The number of carbonyl (C=O) groups is 1. The lowest BCUT2D eigenvalue weighted by Gasteiger charge is -2.07. The van der Waals surface area contributed by atoms with Gasteiger partial charge in [-0.25, -0.2) is 0 Å². The van der Waals surface area contributed by atoms with Crippen molar-refractivity contribution in [2.24, 2.45) is 0 Å². The van der Waals surface area contributed by atoms with Crippen LogP contribution < -0.4 is 10.6 Å². The lowest BCUT2D eigenvalue weighted by Crippen LogP contribution is -2.34. The largest absolute Gasteiger partial charge is 0.355 e. The average Bonchev–Trinajstić information content (AvgIpc) is 2.15. The number of hydrogen-bond donors (Lipinski definition) is 2. The van der Waals surface area contributed by atoms with Crippen LogP contribution in [0.25, 0.3) is 0 Å². The summed E-state index contributed by atoms with van der Waals surface area (Å²) in [6.45, 7) is 11.6. The van der Waals surface area contributed by atoms with Crippen molar-refractivity contribution in [3.63, 3.8) is 0 Å². The Balaban J connectivity index is 0. The molecule has 3 nitrogen and oxygen atoms in total. The lowest BCUT2D eigenvalue weighted by molar-refractivity contribution is -0.120. The second kappa shape index (κ2) is 11.4. The highest BCUT2D eigenvalue weighted by atomic mass is 16.1. The fourth-order valence-electron chi connectivity index (χ4n) is 0.688. The standard InChI is InChI=1S/C8H18N2O.C2H6/c1-4-8(11)10-6-5-9-7(2)3;1-2/h7,9H,4-6H2,1-3H3,(H,10,11);1-2H3. The molecule has 0 spiro atoms. The summed E-state index contributed by atoms with van der Waals surface area (Å²) < 4.78 is 0. The van der Waals surface area contributed by atoms with Crippen molar-refractivity contribution in [3.8, 4) is 0 Å².